The van der Waals surface area contributed by atoms with Gasteiger partial charge in [0.25, 0.3) is 11.6 Å². The number of nitriles is 1. The van der Waals surface area contributed by atoms with Crippen LogP contribution in [0.1, 0.15) is 32.2 Å². The topological polar surface area (TPSA) is 109 Å². The molecule has 9 heteroatoms. The van der Waals surface area contributed by atoms with Gasteiger partial charge in [0.1, 0.15) is 0 Å². The van der Waals surface area contributed by atoms with Crippen molar-refractivity contribution in [3.05, 3.63) is 33.1 Å². The third-order valence-corrected chi connectivity index (χ3v) is 5.43. The van der Waals surface area contributed by atoms with Gasteiger partial charge in [0.2, 0.25) is 0 Å². The standard InChI is InChI=1S/C20H20N4O4S/c1-11-8-14(13(3)29-11)16-9-15(18-12(2)23-28-19(18)22-16)20(26)27-10-17(25)24(4)7-5-6-21/h8-9H,5,7,10H2,1-4H3. The van der Waals surface area contributed by atoms with E-state index >= 15 is 0 Å². The highest BCUT2D eigenvalue weighted by Gasteiger charge is 2.22. The molecule has 0 atom stereocenters. The maximum atomic E-state index is 12.8. The molecule has 0 unspecified atom stereocenters. The van der Waals surface area contributed by atoms with Gasteiger partial charge in [-0.25, -0.2) is 9.78 Å². The summed E-state index contributed by atoms with van der Waals surface area (Å²) in [5.41, 5.74) is 2.50. The summed E-state index contributed by atoms with van der Waals surface area (Å²) in [6.07, 6.45) is 0.212. The Kier molecular flexibility index (Phi) is 5.94. The molecule has 0 aliphatic heterocycles. The summed E-state index contributed by atoms with van der Waals surface area (Å²) in [6.45, 7) is 5.56. The third-order valence-electron chi connectivity index (χ3n) is 4.47. The molecule has 0 N–H and O–H groups in total. The number of hydrogen-bond acceptors (Lipinski definition) is 8. The lowest BCUT2D eigenvalue weighted by atomic mass is 10.1. The lowest BCUT2D eigenvalue weighted by Crippen LogP contribution is -2.32. The van der Waals surface area contributed by atoms with E-state index < -0.39 is 12.6 Å². The Balaban J connectivity index is 1.90. The average molecular weight is 412 g/mol. The zero-order valence-corrected chi connectivity index (χ0v) is 17.4. The molecule has 3 rings (SSSR count). The summed E-state index contributed by atoms with van der Waals surface area (Å²) in [5, 5.41) is 13.0. The van der Waals surface area contributed by atoms with Crippen LogP contribution in [0.4, 0.5) is 0 Å². The van der Waals surface area contributed by atoms with Gasteiger partial charge in [-0.1, -0.05) is 5.16 Å². The second-order valence-electron chi connectivity index (χ2n) is 6.63. The first-order valence-corrected chi connectivity index (χ1v) is 9.76. The summed E-state index contributed by atoms with van der Waals surface area (Å²) < 4.78 is 10.5. The van der Waals surface area contributed by atoms with Crippen molar-refractivity contribution in [3.63, 3.8) is 0 Å². The van der Waals surface area contributed by atoms with Gasteiger partial charge in [-0.15, -0.1) is 11.3 Å². The molecule has 0 radical (unpaired) electrons. The Morgan fingerprint density at radius 2 is 2.07 bits per heavy atom. The second kappa shape index (κ2) is 8.41. The van der Waals surface area contributed by atoms with E-state index in [1.165, 1.54) is 4.90 Å². The molecule has 1 amide bonds. The van der Waals surface area contributed by atoms with Gasteiger partial charge in [-0.05, 0) is 32.9 Å². The van der Waals surface area contributed by atoms with E-state index in [1.807, 2.05) is 26.0 Å². The van der Waals surface area contributed by atoms with E-state index in [-0.39, 0.29) is 30.1 Å². The fourth-order valence-electron chi connectivity index (χ4n) is 2.94. The van der Waals surface area contributed by atoms with E-state index in [0.29, 0.717) is 16.8 Å². The minimum atomic E-state index is -0.656. The molecular formula is C20H20N4O4S. The maximum Gasteiger partial charge on any atom is 0.339 e. The van der Waals surface area contributed by atoms with Gasteiger partial charge < -0.3 is 14.2 Å². The number of ether oxygens (including phenoxy) is 1. The van der Waals surface area contributed by atoms with Crippen molar-refractivity contribution in [1.82, 2.24) is 15.0 Å². The highest BCUT2D eigenvalue weighted by Crippen LogP contribution is 2.33. The number of aryl methyl sites for hydroxylation is 3. The molecule has 0 saturated carbocycles. The summed E-state index contributed by atoms with van der Waals surface area (Å²) in [4.78, 5) is 32.9. The summed E-state index contributed by atoms with van der Waals surface area (Å²) in [6, 6.07) is 5.62. The van der Waals surface area contributed by atoms with Crippen LogP contribution in [0.5, 0.6) is 0 Å². The van der Waals surface area contributed by atoms with Crippen LogP contribution in [0, 0.1) is 32.1 Å². The molecular weight excluding hydrogens is 392 g/mol. The second-order valence-corrected chi connectivity index (χ2v) is 8.09. The number of fused-ring (bicyclic) bond motifs is 1. The summed E-state index contributed by atoms with van der Waals surface area (Å²) >= 11 is 1.64. The predicted octanol–water partition coefficient (Wildman–Crippen LogP) is 3.41. The van der Waals surface area contributed by atoms with Crippen LogP contribution in [0.25, 0.3) is 22.4 Å². The van der Waals surface area contributed by atoms with Crippen LogP contribution in [-0.2, 0) is 9.53 Å². The minimum Gasteiger partial charge on any atom is -0.452 e. The van der Waals surface area contributed by atoms with E-state index in [2.05, 4.69) is 10.1 Å². The van der Waals surface area contributed by atoms with Crippen LogP contribution in [0.3, 0.4) is 0 Å². The number of pyridine rings is 1. The van der Waals surface area contributed by atoms with Crippen LogP contribution in [0.2, 0.25) is 0 Å². The van der Waals surface area contributed by atoms with Crippen molar-refractivity contribution in [2.45, 2.75) is 27.2 Å². The summed E-state index contributed by atoms with van der Waals surface area (Å²) in [5.74, 6) is -1.04. The molecule has 8 nitrogen and oxygen atoms in total. The van der Waals surface area contributed by atoms with Crippen molar-refractivity contribution in [2.24, 2.45) is 0 Å². The van der Waals surface area contributed by atoms with Crippen LogP contribution in [0.15, 0.2) is 16.7 Å². The molecule has 3 aromatic rings. The molecule has 0 aliphatic carbocycles. The van der Waals surface area contributed by atoms with Crippen molar-refractivity contribution in [1.29, 1.82) is 5.26 Å². The van der Waals surface area contributed by atoms with Crippen molar-refractivity contribution < 1.29 is 18.8 Å². The molecule has 0 aromatic carbocycles. The number of amides is 1. The van der Waals surface area contributed by atoms with E-state index in [9.17, 15) is 9.59 Å². The number of hydrogen-bond donors (Lipinski definition) is 0. The summed E-state index contributed by atoms with van der Waals surface area (Å²) in [7, 11) is 1.56. The predicted molar refractivity (Wildman–Crippen MR) is 107 cm³/mol. The molecule has 0 bridgehead atoms. The Morgan fingerprint density at radius 3 is 2.72 bits per heavy atom. The zero-order valence-electron chi connectivity index (χ0n) is 16.6. The molecule has 0 aliphatic rings. The van der Waals surface area contributed by atoms with Gasteiger partial charge in [-0.3, -0.25) is 4.79 Å². The SMILES string of the molecule is Cc1cc(-c2cc(C(=O)OCC(=O)N(C)CCC#N)c3c(C)noc3n2)c(C)s1. The van der Waals surface area contributed by atoms with Crippen molar-refractivity contribution >= 4 is 34.3 Å². The third kappa shape index (κ3) is 4.27. The first-order chi connectivity index (χ1) is 13.8. The molecule has 3 heterocycles. The smallest absolute Gasteiger partial charge is 0.339 e. The number of esters is 1. The molecule has 0 fully saturated rings. The van der Waals surface area contributed by atoms with Crippen LogP contribution >= 0.6 is 11.3 Å². The normalized spacial score (nSPS) is 10.7. The monoisotopic (exact) mass is 412 g/mol. The van der Waals surface area contributed by atoms with Gasteiger partial charge >= 0.3 is 5.97 Å². The van der Waals surface area contributed by atoms with Crippen molar-refractivity contribution in [3.8, 4) is 17.3 Å². The van der Waals surface area contributed by atoms with Gasteiger partial charge in [0.15, 0.2) is 6.61 Å². The molecule has 150 valence electrons. The quantitative estimate of drug-likeness (QED) is 0.571. The fourth-order valence-corrected chi connectivity index (χ4v) is 3.87. The molecule has 0 saturated heterocycles. The van der Waals surface area contributed by atoms with Crippen LogP contribution < -0.4 is 0 Å². The van der Waals surface area contributed by atoms with Crippen LogP contribution in [-0.4, -0.2) is 47.1 Å². The Morgan fingerprint density at radius 1 is 1.31 bits per heavy atom. The molecule has 3 aromatic heterocycles. The van der Waals surface area contributed by atoms with Gasteiger partial charge in [-0.2, -0.15) is 5.26 Å². The van der Waals surface area contributed by atoms with Crippen molar-refractivity contribution in [2.75, 3.05) is 20.2 Å². The highest BCUT2D eigenvalue weighted by molar-refractivity contribution is 7.12. The Labute approximate surface area is 171 Å². The Hall–Kier alpha value is -3.25. The van der Waals surface area contributed by atoms with E-state index in [1.54, 1.807) is 31.4 Å². The molecule has 29 heavy (non-hydrogen) atoms. The number of thiophene rings is 1. The highest BCUT2D eigenvalue weighted by atomic mass is 32.1. The lowest BCUT2D eigenvalue weighted by molar-refractivity contribution is -0.133. The number of rotatable bonds is 6. The Bertz CT molecular complexity index is 1130. The fraction of sp³-hybridized carbons (Fsp3) is 0.350. The number of nitrogens with zero attached hydrogens (tertiary/aromatic N) is 4. The van der Waals surface area contributed by atoms with Gasteiger partial charge in [0.05, 0.1) is 34.8 Å². The van der Waals surface area contributed by atoms with E-state index in [0.717, 1.165) is 15.3 Å². The van der Waals surface area contributed by atoms with E-state index in [4.69, 9.17) is 14.5 Å². The number of carbonyl (C=O) groups excluding carboxylic acids is 2. The lowest BCUT2D eigenvalue weighted by Gasteiger charge is -2.15. The maximum absolute atomic E-state index is 12.8. The first kappa shape index (κ1) is 20.5. The average Bonchev–Trinajstić information content (AvgIpc) is 3.24. The first-order valence-electron chi connectivity index (χ1n) is 8.94. The largest absolute Gasteiger partial charge is 0.452 e. The zero-order chi connectivity index (χ0) is 21.1. The minimum absolute atomic E-state index is 0.212. The number of likely N-dealkylation sites (N-methyl/N-ethyl adjacent to an activating group) is 1. The number of carbonyl (C=O) groups is 2. The van der Waals surface area contributed by atoms with Gasteiger partial charge in [0, 0.05) is 28.9 Å². The number of aromatic nitrogens is 2. The molecule has 0 spiro atoms.